The summed E-state index contributed by atoms with van der Waals surface area (Å²) in [6.07, 6.45) is 0.393. The summed E-state index contributed by atoms with van der Waals surface area (Å²) in [5.74, 6) is 0. The zero-order chi connectivity index (χ0) is 9.80. The number of benzene rings is 1. The Morgan fingerprint density at radius 2 is 2.14 bits per heavy atom. The Balaban J connectivity index is 2.04. The predicted molar refractivity (Wildman–Crippen MR) is 67.3 cm³/mol. The minimum atomic E-state index is 0.393. The SMILES string of the molecule is ICC1CN(c2ccccc2)CCO1. The first-order valence-electron chi connectivity index (χ1n) is 4.87. The van der Waals surface area contributed by atoms with Crippen LogP contribution < -0.4 is 4.90 Å². The molecular weight excluding hydrogens is 289 g/mol. The summed E-state index contributed by atoms with van der Waals surface area (Å²) in [4.78, 5) is 2.40. The second-order valence-corrected chi connectivity index (χ2v) is 4.31. The molecular formula is C11H14INO. The molecule has 1 aromatic rings. The van der Waals surface area contributed by atoms with Crippen molar-refractivity contribution in [3.8, 4) is 0 Å². The van der Waals surface area contributed by atoms with E-state index in [1.165, 1.54) is 5.69 Å². The lowest BCUT2D eigenvalue weighted by Gasteiger charge is -2.33. The van der Waals surface area contributed by atoms with Crippen LogP contribution in [-0.4, -0.2) is 30.2 Å². The monoisotopic (exact) mass is 303 g/mol. The van der Waals surface area contributed by atoms with E-state index in [9.17, 15) is 0 Å². The second kappa shape index (κ2) is 4.98. The lowest BCUT2D eigenvalue weighted by atomic mass is 10.2. The maximum atomic E-state index is 5.63. The first kappa shape index (κ1) is 10.2. The molecule has 1 aromatic carbocycles. The van der Waals surface area contributed by atoms with Crippen molar-refractivity contribution in [3.63, 3.8) is 0 Å². The van der Waals surface area contributed by atoms with Gasteiger partial charge in [0.15, 0.2) is 0 Å². The van der Waals surface area contributed by atoms with Crippen molar-refractivity contribution < 1.29 is 4.74 Å². The Kier molecular flexibility index (Phi) is 3.64. The molecule has 76 valence electrons. The Bertz CT molecular complexity index is 278. The minimum absolute atomic E-state index is 0.393. The van der Waals surface area contributed by atoms with Gasteiger partial charge in [0.05, 0.1) is 12.7 Å². The molecule has 0 amide bonds. The molecule has 1 aliphatic heterocycles. The molecule has 0 saturated carbocycles. The summed E-state index contributed by atoms with van der Waals surface area (Å²) < 4.78 is 6.70. The van der Waals surface area contributed by atoms with Gasteiger partial charge in [-0.3, -0.25) is 0 Å². The first-order chi connectivity index (χ1) is 6.90. The summed E-state index contributed by atoms with van der Waals surface area (Å²) in [6, 6.07) is 10.6. The number of hydrogen-bond acceptors (Lipinski definition) is 2. The van der Waals surface area contributed by atoms with Gasteiger partial charge in [0.2, 0.25) is 0 Å². The fraction of sp³-hybridized carbons (Fsp3) is 0.455. The number of hydrogen-bond donors (Lipinski definition) is 0. The molecule has 0 N–H and O–H groups in total. The molecule has 1 heterocycles. The van der Waals surface area contributed by atoms with Crippen LogP contribution in [0.3, 0.4) is 0 Å². The molecule has 0 aromatic heterocycles. The first-order valence-corrected chi connectivity index (χ1v) is 6.40. The normalized spacial score (nSPS) is 22.4. The van der Waals surface area contributed by atoms with Crippen molar-refractivity contribution in [2.24, 2.45) is 0 Å². The fourth-order valence-corrected chi connectivity index (χ4v) is 2.22. The molecule has 14 heavy (non-hydrogen) atoms. The molecule has 3 heteroatoms. The van der Waals surface area contributed by atoms with E-state index in [-0.39, 0.29) is 0 Å². The molecule has 0 aliphatic carbocycles. The van der Waals surface area contributed by atoms with E-state index in [0.29, 0.717) is 6.10 Å². The van der Waals surface area contributed by atoms with Crippen LogP contribution >= 0.6 is 22.6 Å². The molecule has 1 unspecified atom stereocenters. The van der Waals surface area contributed by atoms with Gasteiger partial charge in [-0.25, -0.2) is 0 Å². The van der Waals surface area contributed by atoms with Crippen LogP contribution in [0.5, 0.6) is 0 Å². The van der Waals surface area contributed by atoms with Crippen molar-refractivity contribution in [2.45, 2.75) is 6.10 Å². The Morgan fingerprint density at radius 1 is 1.36 bits per heavy atom. The minimum Gasteiger partial charge on any atom is -0.374 e. The van der Waals surface area contributed by atoms with Crippen molar-refractivity contribution in [3.05, 3.63) is 30.3 Å². The Labute approximate surface area is 98.4 Å². The lowest BCUT2D eigenvalue weighted by Crippen LogP contribution is -2.43. The molecule has 1 fully saturated rings. The van der Waals surface area contributed by atoms with Crippen LogP contribution in [0.25, 0.3) is 0 Å². The van der Waals surface area contributed by atoms with Crippen molar-refractivity contribution in [1.29, 1.82) is 0 Å². The summed E-state index contributed by atoms with van der Waals surface area (Å²) in [6.45, 7) is 2.88. The molecule has 1 atom stereocenters. The second-order valence-electron chi connectivity index (χ2n) is 3.43. The van der Waals surface area contributed by atoms with Gasteiger partial charge in [-0.1, -0.05) is 40.8 Å². The van der Waals surface area contributed by atoms with Crippen LogP contribution in [0.1, 0.15) is 0 Å². The van der Waals surface area contributed by atoms with Gasteiger partial charge in [0, 0.05) is 23.2 Å². The van der Waals surface area contributed by atoms with Gasteiger partial charge < -0.3 is 9.64 Å². The highest BCUT2D eigenvalue weighted by Gasteiger charge is 2.19. The summed E-state index contributed by atoms with van der Waals surface area (Å²) >= 11 is 2.38. The number of para-hydroxylation sites is 1. The van der Waals surface area contributed by atoms with E-state index in [0.717, 1.165) is 24.1 Å². The quantitative estimate of drug-likeness (QED) is 0.614. The van der Waals surface area contributed by atoms with E-state index >= 15 is 0 Å². The zero-order valence-corrected chi connectivity index (χ0v) is 10.2. The Hall–Kier alpha value is -0.290. The largest absolute Gasteiger partial charge is 0.374 e. The van der Waals surface area contributed by atoms with Crippen LogP contribution in [0.15, 0.2) is 30.3 Å². The lowest BCUT2D eigenvalue weighted by molar-refractivity contribution is 0.0582. The van der Waals surface area contributed by atoms with E-state index in [1.807, 2.05) is 0 Å². The maximum absolute atomic E-state index is 5.63. The number of morpholine rings is 1. The molecule has 2 rings (SSSR count). The van der Waals surface area contributed by atoms with Crippen LogP contribution in [0.4, 0.5) is 5.69 Å². The summed E-state index contributed by atoms with van der Waals surface area (Å²) in [5.41, 5.74) is 1.31. The fourth-order valence-electron chi connectivity index (χ4n) is 1.69. The van der Waals surface area contributed by atoms with Crippen LogP contribution in [-0.2, 0) is 4.74 Å². The highest BCUT2D eigenvalue weighted by Crippen LogP contribution is 2.17. The average molecular weight is 303 g/mol. The molecule has 1 aliphatic rings. The van der Waals surface area contributed by atoms with Gasteiger partial charge in [-0.15, -0.1) is 0 Å². The standard InChI is InChI=1S/C11H14INO/c12-8-11-9-13(6-7-14-11)10-4-2-1-3-5-10/h1-5,11H,6-9H2. The number of halogens is 1. The summed E-state index contributed by atoms with van der Waals surface area (Å²) in [7, 11) is 0. The highest BCUT2D eigenvalue weighted by molar-refractivity contribution is 14.1. The van der Waals surface area contributed by atoms with Crippen LogP contribution in [0.2, 0.25) is 0 Å². The van der Waals surface area contributed by atoms with Crippen LogP contribution in [0, 0.1) is 0 Å². The molecule has 0 radical (unpaired) electrons. The molecule has 1 saturated heterocycles. The van der Waals surface area contributed by atoms with Crippen molar-refractivity contribution in [2.75, 3.05) is 29.0 Å². The van der Waals surface area contributed by atoms with Gasteiger partial charge >= 0.3 is 0 Å². The third kappa shape index (κ3) is 2.39. The van der Waals surface area contributed by atoms with E-state index in [2.05, 4.69) is 57.8 Å². The highest BCUT2D eigenvalue weighted by atomic mass is 127. The number of anilines is 1. The third-order valence-corrected chi connectivity index (χ3v) is 3.41. The number of alkyl halides is 1. The summed E-state index contributed by atoms with van der Waals surface area (Å²) in [5, 5.41) is 0. The average Bonchev–Trinajstić information content (AvgIpc) is 2.30. The van der Waals surface area contributed by atoms with E-state index in [4.69, 9.17) is 4.74 Å². The van der Waals surface area contributed by atoms with Crippen molar-refractivity contribution in [1.82, 2.24) is 0 Å². The van der Waals surface area contributed by atoms with Gasteiger partial charge in [-0.05, 0) is 12.1 Å². The molecule has 0 spiro atoms. The Morgan fingerprint density at radius 3 is 2.86 bits per heavy atom. The molecule has 0 bridgehead atoms. The van der Waals surface area contributed by atoms with Gasteiger partial charge in [0.1, 0.15) is 0 Å². The topological polar surface area (TPSA) is 12.5 Å². The maximum Gasteiger partial charge on any atom is 0.0839 e. The number of nitrogens with zero attached hydrogens (tertiary/aromatic N) is 1. The predicted octanol–water partition coefficient (Wildman–Crippen LogP) is 2.33. The van der Waals surface area contributed by atoms with E-state index in [1.54, 1.807) is 0 Å². The number of ether oxygens (including phenoxy) is 1. The van der Waals surface area contributed by atoms with Gasteiger partial charge in [0.25, 0.3) is 0 Å². The van der Waals surface area contributed by atoms with Crippen molar-refractivity contribution >= 4 is 28.3 Å². The zero-order valence-electron chi connectivity index (χ0n) is 8.03. The van der Waals surface area contributed by atoms with Gasteiger partial charge in [-0.2, -0.15) is 0 Å². The molecule has 2 nitrogen and oxygen atoms in total. The third-order valence-electron chi connectivity index (χ3n) is 2.43. The smallest absolute Gasteiger partial charge is 0.0839 e. The number of rotatable bonds is 2. The van der Waals surface area contributed by atoms with E-state index < -0.39 is 0 Å².